The normalized spacial score (nSPS) is 11.1. The van der Waals surface area contributed by atoms with Gasteiger partial charge in [0, 0.05) is 34.3 Å². The molecule has 3 aromatic carbocycles. The van der Waals surface area contributed by atoms with Gasteiger partial charge in [0.15, 0.2) is 0 Å². The Bertz CT molecular complexity index is 1570. The molecule has 4 aromatic rings. The summed E-state index contributed by atoms with van der Waals surface area (Å²) in [6.07, 6.45) is 1.27. The van der Waals surface area contributed by atoms with Crippen LogP contribution in [0.1, 0.15) is 17.0 Å². The number of halogens is 1. The number of benzene rings is 3. The maximum Gasteiger partial charge on any atom is 0.282 e. The van der Waals surface area contributed by atoms with Gasteiger partial charge in [-0.05, 0) is 36.8 Å². The smallest absolute Gasteiger partial charge is 0.282 e. The number of hydrogen-bond donors (Lipinski definition) is 0. The molecule has 0 aliphatic carbocycles. The van der Waals surface area contributed by atoms with Crippen molar-refractivity contribution in [2.24, 2.45) is 5.10 Å². The fourth-order valence-electron chi connectivity index (χ4n) is 3.32. The highest BCUT2D eigenvalue weighted by molar-refractivity contribution is 9.10. The maximum atomic E-state index is 13.0. The van der Waals surface area contributed by atoms with E-state index in [2.05, 4.69) is 26.0 Å². The summed E-state index contributed by atoms with van der Waals surface area (Å²) in [4.78, 5) is 38.6. The molecule has 176 valence electrons. The molecule has 0 saturated heterocycles. The quantitative estimate of drug-likeness (QED) is 0.188. The molecule has 0 fully saturated rings. The van der Waals surface area contributed by atoms with Gasteiger partial charge in [-0.25, -0.2) is 4.98 Å². The summed E-state index contributed by atoms with van der Waals surface area (Å²) >= 11 is 3.33. The molecule has 1 heterocycles. The van der Waals surface area contributed by atoms with E-state index in [-0.39, 0.29) is 29.3 Å². The third kappa shape index (κ3) is 5.22. The number of hydrogen-bond acceptors (Lipinski definition) is 8. The Hall–Kier alpha value is -4.45. The molecule has 0 unspecified atom stereocenters. The second kappa shape index (κ2) is 9.81. The Morgan fingerprint density at radius 1 is 1.06 bits per heavy atom. The Morgan fingerprint density at radius 2 is 1.80 bits per heavy atom. The Labute approximate surface area is 205 Å². The molecule has 0 atom stereocenters. The monoisotopic (exact) mass is 537 g/mol. The summed E-state index contributed by atoms with van der Waals surface area (Å²) in [6, 6.07) is 15.0. The first-order chi connectivity index (χ1) is 16.7. The summed E-state index contributed by atoms with van der Waals surface area (Å²) in [7, 11) is 0. The molecule has 35 heavy (non-hydrogen) atoms. The molecule has 0 spiro atoms. The zero-order valence-corrected chi connectivity index (χ0v) is 19.7. The van der Waals surface area contributed by atoms with Crippen molar-refractivity contribution in [1.29, 1.82) is 0 Å². The number of fused-ring (bicyclic) bond motifs is 1. The van der Waals surface area contributed by atoms with Crippen LogP contribution >= 0.6 is 15.9 Å². The van der Waals surface area contributed by atoms with Crippen LogP contribution in [0.5, 0.6) is 5.75 Å². The van der Waals surface area contributed by atoms with Crippen LogP contribution < -0.4 is 10.3 Å². The maximum absolute atomic E-state index is 13.0. The predicted molar refractivity (Wildman–Crippen MR) is 132 cm³/mol. The first-order valence-electron chi connectivity index (χ1n) is 10.1. The molecular formula is C23H16BrN5O6. The second-order valence-corrected chi connectivity index (χ2v) is 8.29. The van der Waals surface area contributed by atoms with E-state index in [0.717, 1.165) is 4.68 Å². The van der Waals surface area contributed by atoms with E-state index in [1.807, 2.05) is 0 Å². The fraction of sp³-hybridized carbons (Fsp3) is 0.0870. The highest BCUT2D eigenvalue weighted by Gasteiger charge is 2.13. The highest BCUT2D eigenvalue weighted by Crippen LogP contribution is 2.25. The van der Waals surface area contributed by atoms with E-state index in [4.69, 9.17) is 4.74 Å². The SMILES string of the molecule is Cc1nc2ccc(Br)cc2c(=O)n1N=Cc1cc([N+](=O)[O-])ccc1OCc1cccc([N+](=O)[O-])c1. The van der Waals surface area contributed by atoms with Crippen LogP contribution in [0.15, 0.2) is 75.0 Å². The van der Waals surface area contributed by atoms with Crippen molar-refractivity contribution in [2.45, 2.75) is 13.5 Å². The number of nitro groups is 2. The molecule has 1 aromatic heterocycles. The van der Waals surface area contributed by atoms with Gasteiger partial charge in [-0.2, -0.15) is 9.78 Å². The van der Waals surface area contributed by atoms with E-state index < -0.39 is 15.4 Å². The minimum atomic E-state index is -0.561. The number of non-ortho nitro benzene ring substituents is 2. The minimum Gasteiger partial charge on any atom is -0.488 e. The van der Waals surface area contributed by atoms with Gasteiger partial charge in [0.2, 0.25) is 0 Å². The molecule has 0 aliphatic rings. The molecule has 11 nitrogen and oxygen atoms in total. The predicted octanol–water partition coefficient (Wildman–Crippen LogP) is 4.75. The van der Waals surface area contributed by atoms with Gasteiger partial charge in [0.1, 0.15) is 18.2 Å². The molecule has 0 N–H and O–H groups in total. The third-order valence-electron chi connectivity index (χ3n) is 5.00. The lowest BCUT2D eigenvalue weighted by Crippen LogP contribution is -2.20. The van der Waals surface area contributed by atoms with Gasteiger partial charge < -0.3 is 4.74 Å². The summed E-state index contributed by atoms with van der Waals surface area (Å²) in [5.74, 6) is 0.568. The Morgan fingerprint density at radius 3 is 2.54 bits per heavy atom. The Kier molecular flexibility index (Phi) is 6.64. The number of rotatable bonds is 7. The zero-order chi connectivity index (χ0) is 25.1. The molecule has 0 bridgehead atoms. The lowest BCUT2D eigenvalue weighted by Gasteiger charge is -2.10. The number of nitro benzene ring substituents is 2. The Balaban J connectivity index is 1.70. The van der Waals surface area contributed by atoms with Crippen molar-refractivity contribution in [3.63, 3.8) is 0 Å². The van der Waals surface area contributed by atoms with Gasteiger partial charge in [-0.3, -0.25) is 25.0 Å². The van der Waals surface area contributed by atoms with Gasteiger partial charge in [0.05, 0.1) is 27.0 Å². The van der Waals surface area contributed by atoms with E-state index >= 15 is 0 Å². The topological polar surface area (TPSA) is 143 Å². The lowest BCUT2D eigenvalue weighted by atomic mass is 10.2. The lowest BCUT2D eigenvalue weighted by molar-refractivity contribution is -0.385. The summed E-state index contributed by atoms with van der Waals surface area (Å²) in [5.41, 5.74) is 0.607. The highest BCUT2D eigenvalue weighted by atomic mass is 79.9. The van der Waals surface area contributed by atoms with E-state index in [1.165, 1.54) is 42.6 Å². The van der Waals surface area contributed by atoms with E-state index in [9.17, 15) is 25.0 Å². The van der Waals surface area contributed by atoms with Crippen LogP contribution in [0.25, 0.3) is 10.9 Å². The molecule has 12 heteroatoms. The summed E-state index contributed by atoms with van der Waals surface area (Å²) < 4.78 is 7.58. The van der Waals surface area contributed by atoms with Gasteiger partial charge >= 0.3 is 0 Å². The standard InChI is InChI=1S/C23H16BrN5O6/c1-14-26-21-7-5-17(24)11-20(21)23(30)27(14)25-12-16-10-19(29(33)34)6-8-22(16)35-13-15-3-2-4-18(9-15)28(31)32/h2-12H,13H2,1H3. The number of aryl methyl sites for hydroxylation is 1. The average Bonchev–Trinajstić information content (AvgIpc) is 2.83. The second-order valence-electron chi connectivity index (χ2n) is 7.38. The van der Waals surface area contributed by atoms with Crippen LogP contribution in [0.2, 0.25) is 0 Å². The van der Waals surface area contributed by atoms with Crippen LogP contribution in [0, 0.1) is 27.2 Å². The number of ether oxygens (including phenoxy) is 1. The molecule has 0 aliphatic heterocycles. The largest absolute Gasteiger partial charge is 0.488 e. The molecule has 4 rings (SSSR count). The average molecular weight is 538 g/mol. The van der Waals surface area contributed by atoms with Crippen LogP contribution in [-0.2, 0) is 6.61 Å². The van der Waals surface area contributed by atoms with Crippen molar-refractivity contribution in [1.82, 2.24) is 9.66 Å². The minimum absolute atomic E-state index is 0.0230. The molecule has 0 radical (unpaired) electrons. The van der Waals surface area contributed by atoms with Crippen molar-refractivity contribution in [3.8, 4) is 5.75 Å². The third-order valence-corrected chi connectivity index (χ3v) is 5.50. The van der Waals surface area contributed by atoms with Crippen LogP contribution in [0.3, 0.4) is 0 Å². The number of aromatic nitrogens is 2. The first kappa shape index (κ1) is 23.7. The summed E-state index contributed by atoms with van der Waals surface area (Å²) in [5, 5.41) is 26.9. The molecule has 0 amide bonds. The molecular weight excluding hydrogens is 522 g/mol. The van der Waals surface area contributed by atoms with E-state index in [1.54, 1.807) is 31.2 Å². The van der Waals surface area contributed by atoms with Gasteiger partial charge in [-0.1, -0.05) is 28.1 Å². The van der Waals surface area contributed by atoms with Crippen LogP contribution in [-0.4, -0.2) is 25.7 Å². The molecule has 0 saturated carbocycles. The summed E-state index contributed by atoms with van der Waals surface area (Å²) in [6.45, 7) is 1.60. The van der Waals surface area contributed by atoms with Gasteiger partial charge in [0.25, 0.3) is 16.9 Å². The number of nitrogens with zero attached hydrogens (tertiary/aromatic N) is 5. The van der Waals surface area contributed by atoms with Crippen molar-refractivity contribution in [3.05, 3.63) is 113 Å². The van der Waals surface area contributed by atoms with Crippen molar-refractivity contribution < 1.29 is 14.6 Å². The van der Waals surface area contributed by atoms with E-state index in [0.29, 0.717) is 26.8 Å². The fourth-order valence-corrected chi connectivity index (χ4v) is 3.68. The van der Waals surface area contributed by atoms with Crippen molar-refractivity contribution in [2.75, 3.05) is 0 Å². The van der Waals surface area contributed by atoms with Crippen molar-refractivity contribution >= 4 is 44.4 Å². The zero-order valence-electron chi connectivity index (χ0n) is 18.1. The van der Waals surface area contributed by atoms with Crippen LogP contribution in [0.4, 0.5) is 11.4 Å². The van der Waals surface area contributed by atoms with Gasteiger partial charge in [-0.15, -0.1) is 0 Å². The first-order valence-corrected chi connectivity index (χ1v) is 10.9.